The predicted molar refractivity (Wildman–Crippen MR) is 34.8 cm³/mol. The molecule has 54 valence electrons. The summed E-state index contributed by atoms with van der Waals surface area (Å²) < 4.78 is 12.6. The molecule has 1 N–H and O–H groups in total. The van der Waals surface area contributed by atoms with Crippen LogP contribution < -0.4 is 5.32 Å². The van der Waals surface area contributed by atoms with Crippen molar-refractivity contribution in [2.45, 2.75) is 19.4 Å². The Morgan fingerprint density at radius 2 is 2.56 bits per heavy atom. The minimum absolute atomic E-state index is 0.134. The van der Waals surface area contributed by atoms with Crippen LogP contribution in [0.25, 0.3) is 0 Å². The van der Waals surface area contributed by atoms with E-state index in [2.05, 4.69) is 5.32 Å². The van der Waals surface area contributed by atoms with Crippen molar-refractivity contribution < 1.29 is 4.48 Å². The first-order valence-electron chi connectivity index (χ1n) is 3.47. The Kier molecular flexibility index (Phi) is 2.42. The smallest absolute Gasteiger partial charge is 0.0538 e. The summed E-state index contributed by atoms with van der Waals surface area (Å²) in [5, 5.41) is 4.01. The lowest BCUT2D eigenvalue weighted by Gasteiger charge is -2.14. The summed E-state index contributed by atoms with van der Waals surface area (Å²) in [7, 11) is 0. The fourth-order valence-electron chi connectivity index (χ4n) is 1.14. The average Bonchev–Trinajstić information content (AvgIpc) is 2.37. The highest BCUT2D eigenvalue weighted by atomic mass is 19.2. The standard InChI is InChI=1S/C6H13FN2/c1-2-9(7)6-3-4-8-5-6/h6,8H,2-5H2,1H3. The summed E-state index contributed by atoms with van der Waals surface area (Å²) in [5.74, 6) is 0. The SMILES string of the molecule is CCN(F)C1CCNC1. The summed E-state index contributed by atoms with van der Waals surface area (Å²) in [6.07, 6.45) is 0.949. The van der Waals surface area contributed by atoms with Crippen molar-refractivity contribution in [1.82, 2.24) is 10.4 Å². The van der Waals surface area contributed by atoms with Crippen LogP contribution in [0.3, 0.4) is 0 Å². The van der Waals surface area contributed by atoms with Crippen molar-refractivity contribution in [2.24, 2.45) is 0 Å². The molecule has 0 aliphatic carbocycles. The Morgan fingerprint density at radius 3 is 3.00 bits per heavy atom. The van der Waals surface area contributed by atoms with Crippen molar-refractivity contribution in [3.05, 3.63) is 0 Å². The van der Waals surface area contributed by atoms with Crippen molar-refractivity contribution >= 4 is 0 Å². The van der Waals surface area contributed by atoms with E-state index < -0.39 is 0 Å². The fraction of sp³-hybridized carbons (Fsp3) is 1.00. The predicted octanol–water partition coefficient (Wildman–Crippen LogP) is 0.555. The van der Waals surface area contributed by atoms with E-state index in [4.69, 9.17) is 0 Å². The lowest BCUT2D eigenvalue weighted by Crippen LogP contribution is -2.29. The van der Waals surface area contributed by atoms with Crippen LogP contribution in [0, 0.1) is 0 Å². The molecule has 1 aliphatic heterocycles. The van der Waals surface area contributed by atoms with Gasteiger partial charge in [0.15, 0.2) is 0 Å². The van der Waals surface area contributed by atoms with Crippen LogP contribution in [0.5, 0.6) is 0 Å². The number of hydrogen-bond donors (Lipinski definition) is 1. The van der Waals surface area contributed by atoms with Crippen LogP contribution in [0.1, 0.15) is 13.3 Å². The van der Waals surface area contributed by atoms with Gasteiger partial charge in [-0.05, 0) is 19.9 Å². The van der Waals surface area contributed by atoms with Crippen molar-refractivity contribution in [3.63, 3.8) is 0 Å². The molecule has 0 bridgehead atoms. The largest absolute Gasteiger partial charge is 0.315 e. The topological polar surface area (TPSA) is 15.3 Å². The zero-order chi connectivity index (χ0) is 6.69. The molecule has 0 aromatic carbocycles. The minimum Gasteiger partial charge on any atom is -0.315 e. The maximum atomic E-state index is 12.6. The molecule has 0 amide bonds. The third kappa shape index (κ3) is 1.63. The second-order valence-electron chi connectivity index (χ2n) is 2.36. The van der Waals surface area contributed by atoms with E-state index in [9.17, 15) is 4.48 Å². The molecule has 1 unspecified atom stereocenters. The first kappa shape index (κ1) is 6.96. The first-order valence-corrected chi connectivity index (χ1v) is 3.47. The quantitative estimate of drug-likeness (QED) is 0.552. The van der Waals surface area contributed by atoms with Crippen molar-refractivity contribution in [2.75, 3.05) is 19.6 Å². The third-order valence-electron chi connectivity index (χ3n) is 1.73. The Balaban J connectivity index is 2.24. The maximum Gasteiger partial charge on any atom is 0.0538 e. The van der Waals surface area contributed by atoms with E-state index in [1.165, 1.54) is 0 Å². The molecule has 0 aromatic rings. The Morgan fingerprint density at radius 1 is 1.78 bits per heavy atom. The van der Waals surface area contributed by atoms with E-state index in [0.29, 0.717) is 6.54 Å². The van der Waals surface area contributed by atoms with Gasteiger partial charge in [0.25, 0.3) is 0 Å². The highest BCUT2D eigenvalue weighted by molar-refractivity contribution is 4.75. The van der Waals surface area contributed by atoms with Gasteiger partial charge in [-0.25, -0.2) is 0 Å². The molecule has 9 heavy (non-hydrogen) atoms. The molecule has 1 rings (SSSR count). The summed E-state index contributed by atoms with van der Waals surface area (Å²) >= 11 is 0. The molecule has 1 saturated heterocycles. The molecular weight excluding hydrogens is 119 g/mol. The van der Waals surface area contributed by atoms with Crippen LogP contribution in [-0.4, -0.2) is 30.8 Å². The zero-order valence-electron chi connectivity index (χ0n) is 5.73. The summed E-state index contributed by atoms with van der Waals surface area (Å²) in [4.78, 5) is 0. The third-order valence-corrected chi connectivity index (χ3v) is 1.73. The van der Waals surface area contributed by atoms with Gasteiger partial charge >= 0.3 is 0 Å². The van der Waals surface area contributed by atoms with Crippen molar-refractivity contribution in [1.29, 1.82) is 0 Å². The van der Waals surface area contributed by atoms with E-state index in [-0.39, 0.29) is 6.04 Å². The first-order chi connectivity index (χ1) is 4.34. The lowest BCUT2D eigenvalue weighted by atomic mass is 10.2. The van der Waals surface area contributed by atoms with Crippen LogP contribution in [0.4, 0.5) is 4.48 Å². The molecule has 3 heteroatoms. The highest BCUT2D eigenvalue weighted by Crippen LogP contribution is 2.07. The number of halogens is 1. The molecule has 1 atom stereocenters. The normalized spacial score (nSPS) is 27.7. The minimum atomic E-state index is 0.134. The number of rotatable bonds is 2. The van der Waals surface area contributed by atoms with Gasteiger partial charge < -0.3 is 5.32 Å². The number of nitrogens with one attached hydrogen (secondary N) is 1. The summed E-state index contributed by atoms with van der Waals surface area (Å²) in [6.45, 7) is 4.11. The van der Waals surface area contributed by atoms with E-state index in [1.807, 2.05) is 6.92 Å². The van der Waals surface area contributed by atoms with Gasteiger partial charge in [-0.3, -0.25) is 0 Å². The van der Waals surface area contributed by atoms with Gasteiger partial charge in [-0.15, -0.1) is 9.60 Å². The fourth-order valence-corrected chi connectivity index (χ4v) is 1.14. The van der Waals surface area contributed by atoms with Crippen LogP contribution in [-0.2, 0) is 0 Å². The molecule has 0 aromatic heterocycles. The second-order valence-corrected chi connectivity index (χ2v) is 2.36. The molecule has 0 spiro atoms. The molecule has 1 aliphatic rings. The monoisotopic (exact) mass is 132 g/mol. The molecule has 0 saturated carbocycles. The lowest BCUT2D eigenvalue weighted by molar-refractivity contribution is -0.00834. The van der Waals surface area contributed by atoms with Crippen LogP contribution >= 0.6 is 0 Å². The zero-order valence-corrected chi connectivity index (χ0v) is 5.73. The van der Waals surface area contributed by atoms with Crippen molar-refractivity contribution in [3.8, 4) is 0 Å². The van der Waals surface area contributed by atoms with Gasteiger partial charge in [0.2, 0.25) is 0 Å². The Bertz CT molecular complexity index is 81.1. The number of hydrogen-bond acceptors (Lipinski definition) is 2. The Hall–Kier alpha value is -0.150. The van der Waals surface area contributed by atoms with E-state index in [1.54, 1.807) is 0 Å². The molecule has 1 fully saturated rings. The molecule has 2 nitrogen and oxygen atoms in total. The summed E-state index contributed by atoms with van der Waals surface area (Å²) in [6, 6.07) is 0.134. The molecular formula is C6H13FN2. The van der Waals surface area contributed by atoms with Gasteiger partial charge in [-0.2, -0.15) is 0 Å². The van der Waals surface area contributed by atoms with E-state index >= 15 is 0 Å². The Labute approximate surface area is 55.0 Å². The molecule has 0 radical (unpaired) electrons. The van der Waals surface area contributed by atoms with E-state index in [0.717, 1.165) is 24.6 Å². The highest BCUT2D eigenvalue weighted by Gasteiger charge is 2.20. The number of likely N-dealkylation sites (N-methyl/N-ethyl adjacent to an activating group) is 1. The van der Waals surface area contributed by atoms with Crippen LogP contribution in [0.15, 0.2) is 0 Å². The maximum absolute atomic E-state index is 12.6. The summed E-state index contributed by atoms with van der Waals surface area (Å²) in [5.41, 5.74) is 0. The van der Waals surface area contributed by atoms with Crippen LogP contribution in [0.2, 0.25) is 0 Å². The van der Waals surface area contributed by atoms with Gasteiger partial charge in [-0.1, -0.05) is 0 Å². The molecule has 1 heterocycles. The number of nitrogens with zero attached hydrogens (tertiary/aromatic N) is 1. The second kappa shape index (κ2) is 3.13. The van der Waals surface area contributed by atoms with Gasteiger partial charge in [0.05, 0.1) is 6.04 Å². The van der Waals surface area contributed by atoms with Gasteiger partial charge in [0.1, 0.15) is 0 Å². The average molecular weight is 132 g/mol. The van der Waals surface area contributed by atoms with Gasteiger partial charge in [0, 0.05) is 13.1 Å².